The summed E-state index contributed by atoms with van der Waals surface area (Å²) in [5.41, 5.74) is 0.937. The highest BCUT2D eigenvalue weighted by Gasteiger charge is 2.07. The first kappa shape index (κ1) is 14.4. The number of benzene rings is 1. The van der Waals surface area contributed by atoms with E-state index in [2.05, 4.69) is 11.2 Å². The minimum absolute atomic E-state index is 0.162. The number of hydrogen-bond donors (Lipinski definition) is 1. The number of halogens is 1. The molecule has 0 radical (unpaired) electrons. The van der Waals surface area contributed by atoms with Crippen LogP contribution in [0.1, 0.15) is 5.56 Å². The van der Waals surface area contributed by atoms with Crippen LogP contribution in [0.3, 0.4) is 0 Å². The van der Waals surface area contributed by atoms with E-state index in [1.165, 1.54) is 6.20 Å². The Labute approximate surface area is 122 Å². The van der Waals surface area contributed by atoms with Crippen molar-refractivity contribution in [3.8, 4) is 11.8 Å². The van der Waals surface area contributed by atoms with Gasteiger partial charge in [-0.3, -0.25) is 4.68 Å². The van der Waals surface area contributed by atoms with Crippen molar-refractivity contribution in [2.24, 2.45) is 0 Å². The smallest absolute Gasteiger partial charge is 0.119 e. The van der Waals surface area contributed by atoms with E-state index in [4.69, 9.17) is 21.6 Å². The molecular formula is C14H14ClN3O2. The molecule has 0 amide bonds. The van der Waals surface area contributed by atoms with Crippen LogP contribution in [-0.2, 0) is 13.0 Å². The minimum Gasteiger partial charge on any atom is -0.491 e. The van der Waals surface area contributed by atoms with Crippen molar-refractivity contribution in [3.63, 3.8) is 0 Å². The molecule has 0 aliphatic rings. The standard InChI is InChI=1S/C14H14ClN3O2/c15-12-7-17-18(8-12)9-13(19)10-20-14-3-1-11(2-4-14)5-6-16/h1-4,7-8,13,19H,5,9-10H2. The lowest BCUT2D eigenvalue weighted by Crippen LogP contribution is -2.23. The van der Waals surface area contributed by atoms with Crippen LogP contribution in [0.4, 0.5) is 0 Å². The number of aromatic nitrogens is 2. The summed E-state index contributed by atoms with van der Waals surface area (Å²) >= 11 is 5.74. The van der Waals surface area contributed by atoms with Gasteiger partial charge in [-0.2, -0.15) is 10.4 Å². The first-order valence-electron chi connectivity index (χ1n) is 6.12. The van der Waals surface area contributed by atoms with E-state index in [0.29, 0.717) is 23.7 Å². The van der Waals surface area contributed by atoms with E-state index in [9.17, 15) is 5.11 Å². The van der Waals surface area contributed by atoms with Gasteiger partial charge in [0.1, 0.15) is 18.5 Å². The third-order valence-corrected chi connectivity index (χ3v) is 2.84. The summed E-state index contributed by atoms with van der Waals surface area (Å²) in [5.74, 6) is 0.657. The van der Waals surface area contributed by atoms with Gasteiger partial charge >= 0.3 is 0 Å². The summed E-state index contributed by atoms with van der Waals surface area (Å²) in [6, 6.07) is 9.31. The van der Waals surface area contributed by atoms with Crippen molar-refractivity contribution in [1.29, 1.82) is 5.26 Å². The van der Waals surface area contributed by atoms with E-state index in [0.717, 1.165) is 5.56 Å². The molecule has 1 atom stereocenters. The second kappa shape index (κ2) is 6.94. The summed E-state index contributed by atoms with van der Waals surface area (Å²) in [5, 5.41) is 22.9. The van der Waals surface area contributed by atoms with Gasteiger partial charge in [0.25, 0.3) is 0 Å². The predicted octanol–water partition coefficient (Wildman–Crippen LogP) is 2.04. The molecule has 0 fully saturated rings. The molecule has 0 aliphatic carbocycles. The Morgan fingerprint density at radius 2 is 2.15 bits per heavy atom. The second-order valence-electron chi connectivity index (χ2n) is 4.32. The van der Waals surface area contributed by atoms with Crippen molar-refractivity contribution in [2.45, 2.75) is 19.1 Å². The minimum atomic E-state index is -0.676. The Morgan fingerprint density at radius 3 is 2.75 bits per heavy atom. The number of ether oxygens (including phenoxy) is 1. The Balaban J connectivity index is 1.80. The summed E-state index contributed by atoms with van der Waals surface area (Å²) in [6.45, 7) is 0.480. The highest BCUT2D eigenvalue weighted by Crippen LogP contribution is 2.13. The van der Waals surface area contributed by atoms with Gasteiger partial charge in [-0.1, -0.05) is 23.7 Å². The Bertz CT molecular complexity index is 589. The molecule has 1 aromatic heterocycles. The zero-order valence-electron chi connectivity index (χ0n) is 10.7. The van der Waals surface area contributed by atoms with Gasteiger partial charge in [-0.15, -0.1) is 0 Å². The number of rotatable bonds is 6. The van der Waals surface area contributed by atoms with E-state index in [1.54, 1.807) is 23.0 Å². The highest BCUT2D eigenvalue weighted by atomic mass is 35.5. The van der Waals surface area contributed by atoms with Crippen LogP contribution in [0, 0.1) is 11.3 Å². The van der Waals surface area contributed by atoms with Crippen molar-refractivity contribution in [3.05, 3.63) is 47.2 Å². The highest BCUT2D eigenvalue weighted by molar-refractivity contribution is 6.30. The maximum Gasteiger partial charge on any atom is 0.119 e. The molecule has 1 aromatic carbocycles. The van der Waals surface area contributed by atoms with E-state index < -0.39 is 6.10 Å². The van der Waals surface area contributed by atoms with E-state index >= 15 is 0 Å². The van der Waals surface area contributed by atoms with E-state index in [1.807, 2.05) is 12.1 Å². The molecule has 5 nitrogen and oxygen atoms in total. The number of nitrogens with zero attached hydrogens (tertiary/aromatic N) is 3. The molecular weight excluding hydrogens is 278 g/mol. The van der Waals surface area contributed by atoms with Gasteiger partial charge in [0, 0.05) is 6.20 Å². The molecule has 0 saturated heterocycles. The molecule has 0 aliphatic heterocycles. The van der Waals surface area contributed by atoms with Crippen LogP contribution in [-0.4, -0.2) is 27.6 Å². The molecule has 0 saturated carbocycles. The molecule has 1 heterocycles. The normalized spacial score (nSPS) is 11.8. The zero-order chi connectivity index (χ0) is 14.4. The molecule has 2 rings (SSSR count). The van der Waals surface area contributed by atoms with E-state index in [-0.39, 0.29) is 6.61 Å². The Hall–Kier alpha value is -2.03. The number of aliphatic hydroxyl groups excluding tert-OH is 1. The van der Waals surface area contributed by atoms with Gasteiger partial charge in [-0.25, -0.2) is 0 Å². The molecule has 104 valence electrons. The lowest BCUT2D eigenvalue weighted by molar-refractivity contribution is 0.0893. The summed E-state index contributed by atoms with van der Waals surface area (Å²) in [6.07, 6.45) is 2.86. The number of aliphatic hydroxyl groups is 1. The average Bonchev–Trinajstić information content (AvgIpc) is 2.84. The quantitative estimate of drug-likeness (QED) is 0.884. The van der Waals surface area contributed by atoms with Crippen LogP contribution in [0.25, 0.3) is 0 Å². The van der Waals surface area contributed by atoms with Crippen LogP contribution in [0.2, 0.25) is 5.02 Å². The Kier molecular flexibility index (Phi) is 4.99. The first-order valence-corrected chi connectivity index (χ1v) is 6.50. The Morgan fingerprint density at radius 1 is 1.40 bits per heavy atom. The first-order chi connectivity index (χ1) is 9.67. The van der Waals surface area contributed by atoms with Gasteiger partial charge in [0.05, 0.1) is 30.3 Å². The van der Waals surface area contributed by atoms with Crippen molar-refractivity contribution in [2.75, 3.05) is 6.61 Å². The lowest BCUT2D eigenvalue weighted by atomic mass is 10.2. The van der Waals surface area contributed by atoms with Crippen LogP contribution in [0.5, 0.6) is 5.75 Å². The third kappa shape index (κ3) is 4.26. The monoisotopic (exact) mass is 291 g/mol. The fourth-order valence-corrected chi connectivity index (χ4v) is 1.85. The molecule has 1 N–H and O–H groups in total. The summed E-state index contributed by atoms with van der Waals surface area (Å²) in [4.78, 5) is 0. The van der Waals surface area contributed by atoms with Crippen molar-refractivity contribution < 1.29 is 9.84 Å². The van der Waals surface area contributed by atoms with Gasteiger partial charge < -0.3 is 9.84 Å². The maximum absolute atomic E-state index is 9.84. The van der Waals surface area contributed by atoms with Gasteiger partial charge in [0.15, 0.2) is 0 Å². The molecule has 1 unspecified atom stereocenters. The fourth-order valence-electron chi connectivity index (χ4n) is 1.69. The summed E-state index contributed by atoms with van der Waals surface area (Å²) < 4.78 is 7.03. The van der Waals surface area contributed by atoms with Gasteiger partial charge in [0.2, 0.25) is 0 Å². The SMILES string of the molecule is N#CCc1ccc(OCC(O)Cn2cc(Cl)cn2)cc1. The van der Waals surface area contributed by atoms with Crippen molar-refractivity contribution in [1.82, 2.24) is 9.78 Å². The zero-order valence-corrected chi connectivity index (χ0v) is 11.5. The topological polar surface area (TPSA) is 71.1 Å². The number of hydrogen-bond acceptors (Lipinski definition) is 4. The molecule has 6 heteroatoms. The molecule has 2 aromatic rings. The second-order valence-corrected chi connectivity index (χ2v) is 4.76. The average molecular weight is 292 g/mol. The van der Waals surface area contributed by atoms with Crippen LogP contribution in [0.15, 0.2) is 36.7 Å². The molecule has 0 spiro atoms. The van der Waals surface area contributed by atoms with Gasteiger partial charge in [-0.05, 0) is 17.7 Å². The number of nitriles is 1. The lowest BCUT2D eigenvalue weighted by Gasteiger charge is -2.12. The maximum atomic E-state index is 9.84. The fraction of sp³-hybridized carbons (Fsp3) is 0.286. The van der Waals surface area contributed by atoms with Crippen molar-refractivity contribution >= 4 is 11.6 Å². The third-order valence-electron chi connectivity index (χ3n) is 2.65. The summed E-state index contributed by atoms with van der Waals surface area (Å²) in [7, 11) is 0. The van der Waals surface area contributed by atoms with Crippen LogP contribution < -0.4 is 4.74 Å². The molecule has 0 bridgehead atoms. The van der Waals surface area contributed by atoms with Crippen LogP contribution >= 0.6 is 11.6 Å². The molecule has 20 heavy (non-hydrogen) atoms. The predicted molar refractivity (Wildman–Crippen MR) is 74.5 cm³/mol. The largest absolute Gasteiger partial charge is 0.491 e.